The minimum Gasteiger partial charge on any atom is -0.495 e. The first-order valence-corrected chi connectivity index (χ1v) is 12.5. The summed E-state index contributed by atoms with van der Waals surface area (Å²) in [7, 11) is -1.81. The van der Waals surface area contributed by atoms with Crippen LogP contribution in [0.4, 0.5) is 0 Å². The van der Waals surface area contributed by atoms with Gasteiger partial charge < -0.3 is 14.0 Å². The minimum atomic E-state index is -4.47. The molecule has 3 aromatic carbocycles. The van der Waals surface area contributed by atoms with Gasteiger partial charge in [-0.3, -0.25) is 9.59 Å². The summed E-state index contributed by atoms with van der Waals surface area (Å²) in [5.41, 5.74) is -1.52. The highest BCUT2D eigenvalue weighted by molar-refractivity contribution is 9.10. The smallest absolute Gasteiger partial charge is 0.249 e. The molecule has 0 radical (unpaired) electrons. The molecule has 0 saturated carbocycles. The van der Waals surface area contributed by atoms with Crippen LogP contribution >= 0.6 is 46.3 Å². The van der Waals surface area contributed by atoms with Crippen molar-refractivity contribution in [2.45, 2.75) is 6.92 Å². The zero-order chi connectivity index (χ0) is 23.6. The predicted molar refractivity (Wildman–Crippen MR) is 131 cm³/mol. The molecule has 5 nitrogen and oxygen atoms in total. The average Bonchev–Trinajstić information content (AvgIpc) is 2.78. The number of hydrogen-bond donors (Lipinski definition) is 0. The SMILES string of the molecule is COc1c(Cl)cc(Br)c(OC)c1C(=O)P(=O)(C(=O)c1c(C)cccc1Cl)c1ccccc1. The summed E-state index contributed by atoms with van der Waals surface area (Å²) >= 11 is 15.9. The third-order valence-corrected chi connectivity index (χ3v) is 8.69. The quantitative estimate of drug-likeness (QED) is 0.301. The van der Waals surface area contributed by atoms with Crippen LogP contribution in [-0.2, 0) is 4.57 Å². The van der Waals surface area contributed by atoms with E-state index in [1.165, 1.54) is 38.5 Å². The number of hydrogen-bond acceptors (Lipinski definition) is 5. The van der Waals surface area contributed by atoms with E-state index in [9.17, 15) is 14.2 Å². The Hall–Kier alpha value is -2.11. The zero-order valence-corrected chi connectivity index (χ0v) is 21.3. The molecule has 0 aliphatic rings. The largest absolute Gasteiger partial charge is 0.495 e. The molecule has 1 atom stereocenters. The third kappa shape index (κ3) is 4.13. The number of rotatable bonds is 7. The van der Waals surface area contributed by atoms with Crippen molar-refractivity contribution in [2.24, 2.45) is 0 Å². The number of methoxy groups -OCH3 is 2. The van der Waals surface area contributed by atoms with Crippen molar-refractivity contribution in [3.05, 3.63) is 85.8 Å². The first-order chi connectivity index (χ1) is 15.2. The van der Waals surface area contributed by atoms with Crippen molar-refractivity contribution in [3.8, 4) is 11.5 Å². The molecule has 0 N–H and O–H groups in total. The van der Waals surface area contributed by atoms with Crippen molar-refractivity contribution in [2.75, 3.05) is 14.2 Å². The Labute approximate surface area is 204 Å². The summed E-state index contributed by atoms with van der Waals surface area (Å²) in [4.78, 5) is 27.8. The Morgan fingerprint density at radius 1 is 0.844 bits per heavy atom. The maximum Gasteiger partial charge on any atom is 0.249 e. The van der Waals surface area contributed by atoms with E-state index in [2.05, 4.69) is 15.9 Å². The van der Waals surface area contributed by atoms with Crippen molar-refractivity contribution in [1.82, 2.24) is 0 Å². The number of carbonyl (C=O) groups excluding carboxylic acids is 2. The lowest BCUT2D eigenvalue weighted by Crippen LogP contribution is -2.22. The van der Waals surface area contributed by atoms with Crippen LogP contribution < -0.4 is 14.8 Å². The lowest BCUT2D eigenvalue weighted by Gasteiger charge is -2.21. The van der Waals surface area contributed by atoms with Crippen molar-refractivity contribution >= 4 is 62.6 Å². The zero-order valence-electron chi connectivity index (χ0n) is 17.3. The number of halogens is 3. The molecule has 32 heavy (non-hydrogen) atoms. The van der Waals surface area contributed by atoms with Gasteiger partial charge in [-0.25, -0.2) is 0 Å². The molecule has 0 bridgehead atoms. The monoisotopic (exact) mass is 554 g/mol. The predicted octanol–water partition coefficient (Wildman–Crippen LogP) is 6.75. The van der Waals surface area contributed by atoms with Crippen LogP contribution in [0.2, 0.25) is 10.0 Å². The van der Waals surface area contributed by atoms with E-state index in [1.54, 1.807) is 37.3 Å². The molecule has 166 valence electrons. The Morgan fingerprint density at radius 3 is 2.00 bits per heavy atom. The fraction of sp³-hybridized carbons (Fsp3) is 0.130. The van der Waals surface area contributed by atoms with Gasteiger partial charge >= 0.3 is 0 Å². The molecule has 0 amide bonds. The summed E-state index contributed by atoms with van der Waals surface area (Å²) in [6.07, 6.45) is 0. The maximum absolute atomic E-state index is 14.6. The van der Waals surface area contributed by atoms with Gasteiger partial charge in [0.1, 0.15) is 11.3 Å². The van der Waals surface area contributed by atoms with Gasteiger partial charge in [0.15, 0.2) is 5.75 Å². The normalized spacial score (nSPS) is 12.7. The van der Waals surface area contributed by atoms with Gasteiger partial charge in [-0.05, 0) is 40.5 Å². The fourth-order valence-electron chi connectivity index (χ4n) is 3.36. The van der Waals surface area contributed by atoms with Gasteiger partial charge in [0, 0.05) is 10.9 Å². The van der Waals surface area contributed by atoms with Gasteiger partial charge in [-0.1, -0.05) is 65.7 Å². The molecular weight excluding hydrogens is 538 g/mol. The van der Waals surface area contributed by atoms with Crippen LogP contribution in [-0.4, -0.2) is 25.3 Å². The second-order valence-electron chi connectivity index (χ2n) is 6.77. The molecular formula is C23H18BrCl2O5P. The van der Waals surface area contributed by atoms with E-state index < -0.39 is 18.2 Å². The molecule has 3 aromatic rings. The highest BCUT2D eigenvalue weighted by atomic mass is 79.9. The van der Waals surface area contributed by atoms with E-state index in [0.717, 1.165) is 0 Å². The summed E-state index contributed by atoms with van der Waals surface area (Å²) < 4.78 is 25.6. The molecule has 0 fully saturated rings. The van der Waals surface area contributed by atoms with Crippen LogP contribution in [0, 0.1) is 6.92 Å². The van der Waals surface area contributed by atoms with Crippen LogP contribution in [0.25, 0.3) is 0 Å². The van der Waals surface area contributed by atoms with Gasteiger partial charge in [0.2, 0.25) is 18.2 Å². The van der Waals surface area contributed by atoms with Crippen molar-refractivity contribution in [1.29, 1.82) is 0 Å². The Kier molecular flexibility index (Phi) is 7.51. The summed E-state index contributed by atoms with van der Waals surface area (Å²) in [6.45, 7) is 1.66. The maximum atomic E-state index is 14.6. The van der Waals surface area contributed by atoms with E-state index >= 15 is 0 Å². The molecule has 0 aliphatic carbocycles. The molecule has 1 unspecified atom stereocenters. The van der Waals surface area contributed by atoms with Crippen molar-refractivity contribution in [3.63, 3.8) is 0 Å². The number of carbonyl (C=O) groups is 2. The first kappa shape index (κ1) is 24.5. The van der Waals surface area contributed by atoms with Crippen molar-refractivity contribution < 1.29 is 23.6 Å². The van der Waals surface area contributed by atoms with Crippen LogP contribution in [0.1, 0.15) is 26.3 Å². The minimum absolute atomic E-state index is 0.0220. The molecule has 0 aliphatic heterocycles. The van der Waals surface area contributed by atoms with Gasteiger partial charge in [-0.15, -0.1) is 0 Å². The fourth-order valence-corrected chi connectivity index (χ4v) is 7.11. The second kappa shape index (κ2) is 9.80. The van der Waals surface area contributed by atoms with E-state index in [-0.39, 0.29) is 38.0 Å². The first-order valence-electron chi connectivity index (χ1n) is 9.29. The lowest BCUT2D eigenvalue weighted by molar-refractivity contribution is 0.103. The van der Waals surface area contributed by atoms with Crippen LogP contribution in [0.15, 0.2) is 59.1 Å². The highest BCUT2D eigenvalue weighted by Crippen LogP contribution is 2.56. The van der Waals surface area contributed by atoms with Crippen LogP contribution in [0.5, 0.6) is 11.5 Å². The number of ether oxygens (including phenoxy) is 2. The number of aryl methyl sites for hydroxylation is 1. The second-order valence-corrected chi connectivity index (χ2v) is 11.0. The third-order valence-electron chi connectivity index (χ3n) is 4.89. The van der Waals surface area contributed by atoms with E-state index in [0.29, 0.717) is 10.0 Å². The molecule has 0 heterocycles. The summed E-state index contributed by atoms with van der Waals surface area (Å²) in [6, 6.07) is 14.2. The summed E-state index contributed by atoms with van der Waals surface area (Å²) in [5.74, 6) is 0.00707. The van der Waals surface area contributed by atoms with Gasteiger partial charge in [-0.2, -0.15) is 0 Å². The molecule has 9 heteroatoms. The molecule has 0 aromatic heterocycles. The Bertz CT molecular complexity index is 1210. The Balaban J connectivity index is 2.39. The topological polar surface area (TPSA) is 69.7 Å². The molecule has 0 spiro atoms. The molecule has 0 saturated heterocycles. The highest BCUT2D eigenvalue weighted by Gasteiger charge is 2.46. The van der Waals surface area contributed by atoms with Gasteiger partial charge in [0.05, 0.1) is 28.7 Å². The lowest BCUT2D eigenvalue weighted by atomic mass is 10.1. The average molecular weight is 556 g/mol. The van der Waals surface area contributed by atoms with E-state index in [4.69, 9.17) is 32.7 Å². The Morgan fingerprint density at radius 2 is 1.44 bits per heavy atom. The standard InChI is InChI=1S/C23H18BrCl2O5P/c1-13-8-7-11-16(25)18(13)22(27)32(29,14-9-5-4-6-10-14)23(28)19-20(30-2)15(24)12-17(26)21(19)31-3/h4-12H,1-3H3. The van der Waals surface area contributed by atoms with Gasteiger partial charge in [0.25, 0.3) is 0 Å². The van der Waals surface area contributed by atoms with Crippen LogP contribution in [0.3, 0.4) is 0 Å². The molecule has 3 rings (SSSR count). The summed E-state index contributed by atoms with van der Waals surface area (Å²) in [5, 5.41) is 0.254. The number of benzene rings is 3. The van der Waals surface area contributed by atoms with E-state index in [1.807, 2.05) is 0 Å².